The van der Waals surface area contributed by atoms with E-state index in [9.17, 15) is 4.39 Å². The van der Waals surface area contributed by atoms with E-state index < -0.39 is 0 Å². The molecule has 1 aromatic carbocycles. The van der Waals surface area contributed by atoms with Gasteiger partial charge in [-0.25, -0.2) is 4.39 Å². The molecule has 3 rings (SSSR count). The summed E-state index contributed by atoms with van der Waals surface area (Å²) in [7, 11) is 0. The summed E-state index contributed by atoms with van der Waals surface area (Å²) < 4.78 is 18.1. The third-order valence-electron chi connectivity index (χ3n) is 3.38. The average molecular weight is 261 g/mol. The fourth-order valence-electron chi connectivity index (χ4n) is 2.15. The van der Waals surface area contributed by atoms with E-state index in [4.69, 9.17) is 4.52 Å². The van der Waals surface area contributed by atoms with Crippen LogP contribution in [0, 0.1) is 5.82 Å². The molecule has 1 aliphatic rings. The van der Waals surface area contributed by atoms with Gasteiger partial charge >= 0.3 is 0 Å². The Morgan fingerprint density at radius 2 is 2.05 bits per heavy atom. The van der Waals surface area contributed by atoms with Crippen molar-refractivity contribution in [2.45, 2.75) is 32.4 Å². The van der Waals surface area contributed by atoms with Gasteiger partial charge in [-0.05, 0) is 43.7 Å². The predicted molar refractivity (Wildman–Crippen MR) is 68.8 cm³/mol. The Hall–Kier alpha value is -1.75. The molecule has 0 atom stereocenters. The van der Waals surface area contributed by atoms with Gasteiger partial charge in [-0.15, -0.1) is 0 Å². The van der Waals surface area contributed by atoms with Gasteiger partial charge in [-0.3, -0.25) is 4.90 Å². The second-order valence-corrected chi connectivity index (χ2v) is 4.81. The number of rotatable bonds is 5. The van der Waals surface area contributed by atoms with Gasteiger partial charge in [0.2, 0.25) is 11.7 Å². The van der Waals surface area contributed by atoms with Crippen LogP contribution in [0.4, 0.5) is 4.39 Å². The van der Waals surface area contributed by atoms with E-state index in [-0.39, 0.29) is 5.82 Å². The fraction of sp³-hybridized carbons (Fsp3) is 0.429. The highest BCUT2D eigenvalue weighted by molar-refractivity contribution is 5.53. The predicted octanol–water partition coefficient (Wildman–Crippen LogP) is 2.86. The molecule has 0 unspecified atom stereocenters. The van der Waals surface area contributed by atoms with E-state index in [0.29, 0.717) is 24.3 Å². The molecular weight excluding hydrogens is 245 g/mol. The largest absolute Gasteiger partial charge is 0.338 e. The number of aromatic nitrogens is 2. The zero-order valence-corrected chi connectivity index (χ0v) is 10.8. The molecule has 2 aromatic rings. The molecule has 0 radical (unpaired) electrons. The molecule has 1 aliphatic carbocycles. The number of nitrogens with zero attached hydrogens (tertiary/aromatic N) is 3. The van der Waals surface area contributed by atoms with Crippen molar-refractivity contribution in [1.82, 2.24) is 15.0 Å². The van der Waals surface area contributed by atoms with Crippen LogP contribution in [0.15, 0.2) is 28.8 Å². The molecule has 0 saturated heterocycles. The summed E-state index contributed by atoms with van der Waals surface area (Å²) >= 11 is 0. The van der Waals surface area contributed by atoms with Crippen LogP contribution < -0.4 is 0 Å². The summed E-state index contributed by atoms with van der Waals surface area (Å²) in [5.41, 5.74) is 0.769. The zero-order valence-electron chi connectivity index (χ0n) is 10.8. The summed E-state index contributed by atoms with van der Waals surface area (Å²) in [6, 6.07) is 6.78. The van der Waals surface area contributed by atoms with Crippen LogP contribution in [0.1, 0.15) is 25.7 Å². The molecule has 0 bridgehead atoms. The summed E-state index contributed by atoms with van der Waals surface area (Å²) in [6.07, 6.45) is 2.51. The van der Waals surface area contributed by atoms with Gasteiger partial charge in [0.25, 0.3) is 0 Å². The van der Waals surface area contributed by atoms with E-state index in [1.54, 1.807) is 12.1 Å². The molecule has 5 heteroatoms. The average Bonchev–Trinajstić information content (AvgIpc) is 3.16. The SMILES string of the molecule is CCN(Cc1nc(-c2ccc(F)cc2)no1)C1CC1. The molecule has 0 spiro atoms. The summed E-state index contributed by atoms with van der Waals surface area (Å²) in [5, 5.41) is 3.95. The maximum atomic E-state index is 12.9. The Labute approximate surface area is 111 Å². The monoisotopic (exact) mass is 261 g/mol. The fourth-order valence-corrected chi connectivity index (χ4v) is 2.15. The first kappa shape index (κ1) is 12.3. The van der Waals surface area contributed by atoms with Crippen LogP contribution in [0.3, 0.4) is 0 Å². The maximum Gasteiger partial charge on any atom is 0.241 e. The van der Waals surface area contributed by atoms with Crippen molar-refractivity contribution in [2.75, 3.05) is 6.54 Å². The number of hydrogen-bond acceptors (Lipinski definition) is 4. The second-order valence-electron chi connectivity index (χ2n) is 4.81. The highest BCUT2D eigenvalue weighted by atomic mass is 19.1. The number of halogens is 1. The zero-order chi connectivity index (χ0) is 13.2. The third kappa shape index (κ3) is 2.81. The molecule has 1 heterocycles. The van der Waals surface area contributed by atoms with Gasteiger partial charge in [0.15, 0.2) is 0 Å². The van der Waals surface area contributed by atoms with E-state index in [1.807, 2.05) is 0 Å². The normalized spacial score (nSPS) is 15.1. The van der Waals surface area contributed by atoms with Gasteiger partial charge in [0.1, 0.15) is 5.82 Å². The van der Waals surface area contributed by atoms with E-state index in [1.165, 1.54) is 25.0 Å². The smallest absolute Gasteiger partial charge is 0.241 e. The van der Waals surface area contributed by atoms with Gasteiger partial charge in [0.05, 0.1) is 6.54 Å². The maximum absolute atomic E-state index is 12.9. The topological polar surface area (TPSA) is 42.2 Å². The lowest BCUT2D eigenvalue weighted by molar-refractivity contribution is 0.227. The van der Waals surface area contributed by atoms with Gasteiger partial charge in [-0.2, -0.15) is 4.98 Å². The Morgan fingerprint density at radius 1 is 1.32 bits per heavy atom. The van der Waals surface area contributed by atoms with Crippen molar-refractivity contribution in [2.24, 2.45) is 0 Å². The van der Waals surface area contributed by atoms with Crippen LogP contribution in [-0.2, 0) is 6.54 Å². The Kier molecular flexibility index (Phi) is 3.29. The van der Waals surface area contributed by atoms with Crippen molar-refractivity contribution in [3.05, 3.63) is 36.0 Å². The lowest BCUT2D eigenvalue weighted by atomic mass is 10.2. The van der Waals surface area contributed by atoms with Crippen molar-refractivity contribution >= 4 is 0 Å². The standard InChI is InChI=1S/C14H16FN3O/c1-2-18(12-7-8-12)9-13-16-14(17-19-13)10-3-5-11(15)6-4-10/h3-6,12H,2,7-9H2,1H3. The van der Waals surface area contributed by atoms with Gasteiger partial charge < -0.3 is 4.52 Å². The Bertz CT molecular complexity index is 548. The molecule has 0 N–H and O–H groups in total. The highest BCUT2D eigenvalue weighted by Crippen LogP contribution is 2.28. The number of benzene rings is 1. The Balaban J connectivity index is 1.73. The molecular formula is C14H16FN3O. The third-order valence-corrected chi connectivity index (χ3v) is 3.38. The minimum absolute atomic E-state index is 0.265. The minimum Gasteiger partial charge on any atom is -0.338 e. The quantitative estimate of drug-likeness (QED) is 0.830. The van der Waals surface area contributed by atoms with Crippen LogP contribution in [0.2, 0.25) is 0 Å². The van der Waals surface area contributed by atoms with Crippen molar-refractivity contribution in [3.8, 4) is 11.4 Å². The lowest BCUT2D eigenvalue weighted by Gasteiger charge is -2.16. The van der Waals surface area contributed by atoms with Crippen LogP contribution in [-0.4, -0.2) is 27.6 Å². The number of hydrogen-bond donors (Lipinski definition) is 0. The first-order chi connectivity index (χ1) is 9.26. The van der Waals surface area contributed by atoms with E-state index in [2.05, 4.69) is 22.0 Å². The molecule has 4 nitrogen and oxygen atoms in total. The van der Waals surface area contributed by atoms with Crippen molar-refractivity contribution in [3.63, 3.8) is 0 Å². The second kappa shape index (κ2) is 5.09. The van der Waals surface area contributed by atoms with Crippen LogP contribution in [0.25, 0.3) is 11.4 Å². The van der Waals surface area contributed by atoms with E-state index >= 15 is 0 Å². The molecule has 100 valence electrons. The van der Waals surface area contributed by atoms with E-state index in [0.717, 1.165) is 12.1 Å². The highest BCUT2D eigenvalue weighted by Gasteiger charge is 2.29. The van der Waals surface area contributed by atoms with Crippen molar-refractivity contribution < 1.29 is 8.91 Å². The van der Waals surface area contributed by atoms with Gasteiger partial charge in [-0.1, -0.05) is 12.1 Å². The summed E-state index contributed by atoms with van der Waals surface area (Å²) in [6.45, 7) is 3.81. The minimum atomic E-state index is -0.265. The molecule has 0 amide bonds. The first-order valence-corrected chi connectivity index (χ1v) is 6.59. The van der Waals surface area contributed by atoms with Crippen LogP contribution in [0.5, 0.6) is 0 Å². The molecule has 1 aromatic heterocycles. The lowest BCUT2D eigenvalue weighted by Crippen LogP contribution is -2.25. The molecule has 1 saturated carbocycles. The summed E-state index contributed by atoms with van der Waals surface area (Å²) in [4.78, 5) is 6.70. The first-order valence-electron chi connectivity index (χ1n) is 6.59. The summed E-state index contributed by atoms with van der Waals surface area (Å²) in [5.74, 6) is 0.869. The Morgan fingerprint density at radius 3 is 2.68 bits per heavy atom. The van der Waals surface area contributed by atoms with Crippen LogP contribution >= 0.6 is 0 Å². The molecule has 0 aliphatic heterocycles. The molecule has 19 heavy (non-hydrogen) atoms. The van der Waals surface area contributed by atoms with Gasteiger partial charge in [0, 0.05) is 11.6 Å². The molecule has 1 fully saturated rings. The van der Waals surface area contributed by atoms with Crippen molar-refractivity contribution in [1.29, 1.82) is 0 Å².